The molecule has 0 aliphatic heterocycles. The summed E-state index contributed by atoms with van der Waals surface area (Å²) >= 11 is 0. The second-order valence-electron chi connectivity index (χ2n) is 3.64. The van der Waals surface area contributed by atoms with Crippen LogP contribution < -0.4 is 11.3 Å². The highest BCUT2D eigenvalue weighted by Crippen LogP contribution is 2.23. The molecule has 0 saturated heterocycles. The minimum Gasteiger partial charge on any atom is -0.467 e. The Morgan fingerprint density at radius 2 is 2.19 bits per heavy atom. The van der Waals surface area contributed by atoms with Crippen LogP contribution in [-0.4, -0.2) is 10.2 Å². The Morgan fingerprint density at radius 3 is 2.81 bits per heavy atom. The van der Waals surface area contributed by atoms with Crippen molar-refractivity contribution < 1.29 is 4.42 Å². The van der Waals surface area contributed by atoms with Crippen molar-refractivity contribution in [2.45, 2.75) is 19.9 Å². The van der Waals surface area contributed by atoms with Crippen molar-refractivity contribution in [3.63, 3.8) is 0 Å². The molecule has 0 bridgehead atoms. The third kappa shape index (κ3) is 1.95. The maximum absolute atomic E-state index is 5.56. The topological polar surface area (TPSA) is 77.0 Å². The van der Waals surface area contributed by atoms with Crippen LogP contribution in [0.1, 0.15) is 28.8 Å². The molecule has 84 valence electrons. The van der Waals surface area contributed by atoms with Gasteiger partial charge in [0.25, 0.3) is 0 Å². The van der Waals surface area contributed by atoms with E-state index in [0.29, 0.717) is 0 Å². The third-order valence-electron chi connectivity index (χ3n) is 2.45. The molecule has 2 heterocycles. The Morgan fingerprint density at radius 1 is 1.38 bits per heavy atom. The number of rotatable bonds is 3. The van der Waals surface area contributed by atoms with Crippen molar-refractivity contribution in [1.82, 2.24) is 15.6 Å². The summed E-state index contributed by atoms with van der Waals surface area (Å²) in [4.78, 5) is 0. The van der Waals surface area contributed by atoms with E-state index in [2.05, 4.69) is 15.6 Å². The van der Waals surface area contributed by atoms with Crippen LogP contribution in [0.5, 0.6) is 0 Å². The van der Waals surface area contributed by atoms with E-state index < -0.39 is 0 Å². The van der Waals surface area contributed by atoms with Crippen molar-refractivity contribution in [3.8, 4) is 0 Å². The fourth-order valence-electron chi connectivity index (χ4n) is 1.64. The molecule has 2 rings (SSSR count). The molecular weight excluding hydrogens is 204 g/mol. The van der Waals surface area contributed by atoms with Crippen molar-refractivity contribution in [2.75, 3.05) is 0 Å². The Bertz CT molecular complexity index is 467. The van der Waals surface area contributed by atoms with Gasteiger partial charge in [-0.25, -0.2) is 5.43 Å². The minimum atomic E-state index is -0.191. The van der Waals surface area contributed by atoms with Gasteiger partial charge in [-0.3, -0.25) is 5.84 Å². The fourth-order valence-corrected chi connectivity index (χ4v) is 1.64. The van der Waals surface area contributed by atoms with Gasteiger partial charge < -0.3 is 4.42 Å². The normalized spacial score (nSPS) is 12.7. The van der Waals surface area contributed by atoms with E-state index in [4.69, 9.17) is 10.3 Å². The van der Waals surface area contributed by atoms with Crippen LogP contribution in [0.25, 0.3) is 0 Å². The summed E-state index contributed by atoms with van der Waals surface area (Å²) in [6.07, 6.45) is 1.62. The monoisotopic (exact) mass is 218 g/mol. The molecule has 5 heteroatoms. The predicted molar refractivity (Wildman–Crippen MR) is 59.4 cm³/mol. The maximum Gasteiger partial charge on any atom is 0.126 e. The smallest absolute Gasteiger partial charge is 0.126 e. The van der Waals surface area contributed by atoms with Crippen LogP contribution in [0.15, 0.2) is 28.9 Å². The molecule has 2 aromatic rings. The number of nitrogens with zero attached hydrogens (tertiary/aromatic N) is 2. The van der Waals surface area contributed by atoms with E-state index in [9.17, 15) is 0 Å². The van der Waals surface area contributed by atoms with E-state index in [1.807, 2.05) is 32.0 Å². The second-order valence-corrected chi connectivity index (χ2v) is 3.64. The summed E-state index contributed by atoms with van der Waals surface area (Å²) in [6, 6.07) is 5.47. The quantitative estimate of drug-likeness (QED) is 0.598. The molecule has 5 nitrogen and oxygen atoms in total. The van der Waals surface area contributed by atoms with Gasteiger partial charge in [0.15, 0.2) is 0 Å². The Labute approximate surface area is 93.6 Å². The van der Waals surface area contributed by atoms with Crippen LogP contribution in [0.2, 0.25) is 0 Å². The lowest BCUT2D eigenvalue weighted by Gasteiger charge is -2.15. The van der Waals surface area contributed by atoms with Crippen LogP contribution in [0.3, 0.4) is 0 Å². The largest absolute Gasteiger partial charge is 0.467 e. The van der Waals surface area contributed by atoms with E-state index in [1.165, 1.54) is 0 Å². The highest BCUT2D eigenvalue weighted by molar-refractivity contribution is 5.29. The zero-order chi connectivity index (χ0) is 11.5. The molecule has 0 spiro atoms. The highest BCUT2D eigenvalue weighted by atomic mass is 16.3. The zero-order valence-corrected chi connectivity index (χ0v) is 9.27. The fraction of sp³-hybridized carbons (Fsp3) is 0.273. The standard InChI is InChI=1S/C11H14N4O/c1-7-6-9(8(2)15-14-7)11(13-12)10-4-3-5-16-10/h3-6,11,13H,12H2,1-2H3. The first-order chi connectivity index (χ1) is 7.72. The second kappa shape index (κ2) is 4.42. The van der Waals surface area contributed by atoms with Gasteiger partial charge in [-0.1, -0.05) is 0 Å². The number of furan rings is 1. The lowest BCUT2D eigenvalue weighted by atomic mass is 10.0. The van der Waals surface area contributed by atoms with Gasteiger partial charge in [0.2, 0.25) is 0 Å². The van der Waals surface area contributed by atoms with Gasteiger partial charge in [-0.05, 0) is 32.0 Å². The summed E-state index contributed by atoms with van der Waals surface area (Å²) in [6.45, 7) is 3.79. The molecule has 0 amide bonds. The molecule has 16 heavy (non-hydrogen) atoms. The molecule has 0 aliphatic rings. The molecule has 0 fully saturated rings. The lowest BCUT2D eigenvalue weighted by Crippen LogP contribution is -2.29. The van der Waals surface area contributed by atoms with Crippen LogP contribution in [0.4, 0.5) is 0 Å². The third-order valence-corrected chi connectivity index (χ3v) is 2.45. The van der Waals surface area contributed by atoms with Gasteiger partial charge in [0.1, 0.15) is 11.8 Å². The van der Waals surface area contributed by atoms with Crippen molar-refractivity contribution in [2.24, 2.45) is 5.84 Å². The number of nitrogens with one attached hydrogen (secondary N) is 1. The van der Waals surface area contributed by atoms with Gasteiger partial charge in [0.05, 0.1) is 17.7 Å². The number of hydrogen-bond donors (Lipinski definition) is 2. The van der Waals surface area contributed by atoms with Gasteiger partial charge >= 0.3 is 0 Å². The van der Waals surface area contributed by atoms with Crippen LogP contribution in [-0.2, 0) is 0 Å². The number of aromatic nitrogens is 2. The number of aryl methyl sites for hydroxylation is 2. The first-order valence-corrected chi connectivity index (χ1v) is 5.02. The van der Waals surface area contributed by atoms with Gasteiger partial charge in [-0.2, -0.15) is 10.2 Å². The summed E-state index contributed by atoms with van der Waals surface area (Å²) in [7, 11) is 0. The van der Waals surface area contributed by atoms with E-state index >= 15 is 0 Å². The Balaban J connectivity index is 2.44. The molecule has 0 radical (unpaired) electrons. The lowest BCUT2D eigenvalue weighted by molar-refractivity contribution is 0.450. The van der Waals surface area contributed by atoms with Crippen molar-refractivity contribution in [1.29, 1.82) is 0 Å². The molecule has 1 atom stereocenters. The maximum atomic E-state index is 5.56. The average molecular weight is 218 g/mol. The summed E-state index contributed by atoms with van der Waals surface area (Å²) in [5, 5.41) is 8.06. The Kier molecular flexibility index (Phi) is 2.98. The molecule has 0 aliphatic carbocycles. The summed E-state index contributed by atoms with van der Waals surface area (Å²) in [5.74, 6) is 6.32. The summed E-state index contributed by atoms with van der Waals surface area (Å²) < 4.78 is 5.35. The first-order valence-electron chi connectivity index (χ1n) is 5.02. The zero-order valence-electron chi connectivity index (χ0n) is 9.27. The average Bonchev–Trinajstić information content (AvgIpc) is 2.78. The van der Waals surface area contributed by atoms with E-state index in [-0.39, 0.29) is 6.04 Å². The Hall–Kier alpha value is -1.72. The summed E-state index contributed by atoms with van der Waals surface area (Å²) in [5.41, 5.74) is 5.40. The van der Waals surface area contributed by atoms with Crippen molar-refractivity contribution in [3.05, 3.63) is 47.2 Å². The SMILES string of the molecule is Cc1cc(C(NN)c2ccco2)c(C)nn1. The molecular formula is C11H14N4O. The van der Waals surface area contributed by atoms with Crippen LogP contribution >= 0.6 is 0 Å². The highest BCUT2D eigenvalue weighted by Gasteiger charge is 2.18. The molecule has 0 saturated carbocycles. The van der Waals surface area contributed by atoms with E-state index in [1.54, 1.807) is 6.26 Å². The first kappa shape index (κ1) is 10.8. The number of hydrogen-bond acceptors (Lipinski definition) is 5. The molecule has 1 unspecified atom stereocenters. The number of hydrazine groups is 1. The van der Waals surface area contributed by atoms with Crippen molar-refractivity contribution >= 4 is 0 Å². The predicted octanol–water partition coefficient (Wildman–Crippen LogP) is 1.24. The van der Waals surface area contributed by atoms with Crippen LogP contribution in [0, 0.1) is 13.8 Å². The molecule has 2 aromatic heterocycles. The van der Waals surface area contributed by atoms with Gasteiger partial charge in [0, 0.05) is 5.56 Å². The van der Waals surface area contributed by atoms with Gasteiger partial charge in [-0.15, -0.1) is 0 Å². The number of nitrogens with two attached hydrogens (primary N) is 1. The molecule has 3 N–H and O–H groups in total. The van der Waals surface area contributed by atoms with E-state index in [0.717, 1.165) is 22.7 Å². The minimum absolute atomic E-state index is 0.191. The molecule has 0 aromatic carbocycles.